The maximum atomic E-state index is 7.25. The summed E-state index contributed by atoms with van der Waals surface area (Å²) >= 11 is 0. The van der Waals surface area contributed by atoms with Crippen LogP contribution in [0.15, 0.2) is 140 Å². The molecular weight excluding hydrogens is 500 g/mol. The van der Waals surface area contributed by atoms with Crippen molar-refractivity contribution in [3.63, 3.8) is 0 Å². The zero-order valence-corrected chi connectivity index (χ0v) is 23.6. The number of ether oxygens (including phenoxy) is 1. The molecule has 7 rings (SSSR count). The molecule has 0 unspecified atom stereocenters. The Morgan fingerprint density at radius 2 is 1.24 bits per heavy atom. The number of nitrogens with zero attached hydrogens (tertiary/aromatic N) is 2. The van der Waals surface area contributed by atoms with E-state index < -0.39 is 5.72 Å². The fourth-order valence-corrected chi connectivity index (χ4v) is 6.41. The summed E-state index contributed by atoms with van der Waals surface area (Å²) in [7, 11) is 0. The van der Waals surface area contributed by atoms with Crippen LogP contribution in [-0.4, -0.2) is 5.72 Å². The van der Waals surface area contributed by atoms with Crippen LogP contribution in [0.4, 0.5) is 17.1 Å². The van der Waals surface area contributed by atoms with Gasteiger partial charge < -0.3 is 9.64 Å². The van der Waals surface area contributed by atoms with Crippen LogP contribution in [0, 0.1) is 0 Å². The van der Waals surface area contributed by atoms with Gasteiger partial charge in [-0.1, -0.05) is 97.1 Å². The average Bonchev–Trinajstić information content (AvgIpc) is 3.20. The van der Waals surface area contributed by atoms with Crippen molar-refractivity contribution >= 4 is 23.1 Å². The number of rotatable bonds is 6. The van der Waals surface area contributed by atoms with E-state index in [9.17, 15) is 0 Å². The smallest absolute Gasteiger partial charge is 0.216 e. The van der Waals surface area contributed by atoms with Gasteiger partial charge in [0.1, 0.15) is 5.75 Å². The third-order valence-electron chi connectivity index (χ3n) is 8.61. The lowest BCUT2D eigenvalue weighted by atomic mass is 9.76. The summed E-state index contributed by atoms with van der Waals surface area (Å²) in [6, 6.07) is 47.3. The first-order valence-electron chi connectivity index (χ1n) is 14.4. The van der Waals surface area contributed by atoms with E-state index in [1.165, 1.54) is 22.4 Å². The number of anilines is 3. The van der Waals surface area contributed by atoms with E-state index in [1.54, 1.807) is 0 Å². The Morgan fingerprint density at radius 3 is 1.90 bits per heavy atom. The molecule has 0 saturated carbocycles. The summed E-state index contributed by atoms with van der Waals surface area (Å²) in [6.45, 7) is 6.21. The molecule has 2 heterocycles. The van der Waals surface area contributed by atoms with Crippen molar-refractivity contribution in [1.82, 2.24) is 0 Å². The van der Waals surface area contributed by atoms with Gasteiger partial charge in [-0.05, 0) is 73.0 Å². The van der Waals surface area contributed by atoms with Crippen LogP contribution >= 0.6 is 0 Å². The molecule has 0 N–H and O–H groups in total. The molecule has 0 fully saturated rings. The van der Waals surface area contributed by atoms with Gasteiger partial charge in [0.05, 0.1) is 5.41 Å². The molecule has 202 valence electrons. The Morgan fingerprint density at radius 1 is 0.659 bits per heavy atom. The van der Waals surface area contributed by atoms with Crippen molar-refractivity contribution in [2.24, 2.45) is 0 Å². The summed E-state index contributed by atoms with van der Waals surface area (Å²) in [5, 5.41) is 0. The van der Waals surface area contributed by atoms with Gasteiger partial charge in [-0.2, -0.15) is 0 Å². The summed E-state index contributed by atoms with van der Waals surface area (Å²) < 4.78 is 7.25. The van der Waals surface area contributed by atoms with Gasteiger partial charge in [-0.15, -0.1) is 0 Å². The summed E-state index contributed by atoms with van der Waals surface area (Å²) in [5.74, 6) is 0.901. The highest BCUT2D eigenvalue weighted by Gasteiger charge is 2.59. The normalized spacial score (nSPS) is 18.0. The number of hydrogen-bond donors (Lipinski definition) is 0. The first-order chi connectivity index (χ1) is 20.0. The second-order valence-electron chi connectivity index (χ2n) is 11.5. The molecule has 41 heavy (non-hydrogen) atoms. The number of para-hydroxylation sites is 2. The number of benzene rings is 5. The van der Waals surface area contributed by atoms with Gasteiger partial charge >= 0.3 is 0 Å². The van der Waals surface area contributed by atoms with E-state index >= 15 is 0 Å². The SMILES string of the molecule is CC1(C)c2ccccc2N(c2ccccc2)[C@]12C=Cc1ccc(N(Cc3ccccc3)Cc3ccccc3)cc1O2. The molecular formula is C38H34N2O. The van der Waals surface area contributed by atoms with Crippen LogP contribution in [0.2, 0.25) is 0 Å². The molecule has 0 aliphatic carbocycles. The largest absolute Gasteiger partial charge is 0.462 e. The van der Waals surface area contributed by atoms with Crippen LogP contribution in [0.25, 0.3) is 6.08 Å². The fraction of sp³-hybridized carbons (Fsp3) is 0.158. The van der Waals surface area contributed by atoms with E-state index in [0.29, 0.717) is 0 Å². The molecule has 5 aromatic rings. The highest BCUT2D eigenvalue weighted by Crippen LogP contribution is 2.57. The highest BCUT2D eigenvalue weighted by molar-refractivity contribution is 5.80. The van der Waals surface area contributed by atoms with Crippen molar-refractivity contribution in [3.05, 3.63) is 162 Å². The first kappa shape index (κ1) is 25.2. The first-order valence-corrected chi connectivity index (χ1v) is 14.4. The fourth-order valence-electron chi connectivity index (χ4n) is 6.41. The summed E-state index contributed by atoms with van der Waals surface area (Å²) in [4.78, 5) is 4.81. The molecule has 0 aromatic heterocycles. The van der Waals surface area contributed by atoms with Gasteiger partial charge in [0, 0.05) is 41.8 Å². The van der Waals surface area contributed by atoms with E-state index in [1.807, 2.05) is 0 Å². The Bertz CT molecular complexity index is 1650. The molecule has 1 atom stereocenters. The summed E-state index contributed by atoms with van der Waals surface area (Å²) in [5.41, 5.74) is 7.35. The lowest BCUT2D eigenvalue weighted by Crippen LogP contribution is -2.57. The average molecular weight is 535 g/mol. The number of hydrogen-bond acceptors (Lipinski definition) is 3. The summed E-state index contributed by atoms with van der Waals surface area (Å²) in [6.07, 6.45) is 4.50. The maximum Gasteiger partial charge on any atom is 0.216 e. The monoisotopic (exact) mass is 534 g/mol. The molecule has 2 aliphatic heterocycles. The standard InChI is InChI=1S/C38H34N2O/c1-37(2)34-20-12-13-21-35(34)40(32-18-10-5-11-19-32)38(37)25-24-31-22-23-33(26-36(31)41-38)39(27-29-14-6-3-7-15-29)28-30-16-8-4-9-17-30/h3-26H,27-28H2,1-2H3/t38-/m0/s1. The Hall–Kier alpha value is -4.76. The second kappa shape index (κ2) is 10.0. The molecule has 0 saturated heterocycles. The lowest BCUT2D eigenvalue weighted by molar-refractivity contribution is 0.0630. The molecule has 1 spiro atoms. The minimum absolute atomic E-state index is 0.308. The Labute approximate surface area is 243 Å². The topological polar surface area (TPSA) is 15.7 Å². The Balaban J connectivity index is 1.31. The van der Waals surface area contributed by atoms with Gasteiger partial charge in [-0.25, -0.2) is 0 Å². The maximum absolute atomic E-state index is 7.25. The molecule has 2 aliphatic rings. The van der Waals surface area contributed by atoms with Crippen LogP contribution < -0.4 is 14.5 Å². The molecule has 0 radical (unpaired) electrons. The Kier molecular flexibility index (Phi) is 6.16. The van der Waals surface area contributed by atoms with Crippen LogP contribution in [0.5, 0.6) is 5.75 Å². The van der Waals surface area contributed by atoms with Gasteiger partial charge in [-0.3, -0.25) is 4.90 Å². The minimum Gasteiger partial charge on any atom is -0.462 e. The lowest BCUT2D eigenvalue weighted by Gasteiger charge is -2.47. The van der Waals surface area contributed by atoms with Gasteiger partial charge in [0.25, 0.3) is 0 Å². The quantitative estimate of drug-likeness (QED) is 0.216. The van der Waals surface area contributed by atoms with Crippen LogP contribution in [0.3, 0.4) is 0 Å². The number of fused-ring (bicyclic) bond motifs is 2. The van der Waals surface area contributed by atoms with Crippen molar-refractivity contribution in [2.45, 2.75) is 38.1 Å². The van der Waals surface area contributed by atoms with E-state index in [0.717, 1.165) is 35.8 Å². The predicted molar refractivity (Wildman–Crippen MR) is 170 cm³/mol. The molecule has 0 amide bonds. The van der Waals surface area contributed by atoms with E-state index in [-0.39, 0.29) is 5.41 Å². The van der Waals surface area contributed by atoms with E-state index in [2.05, 4.69) is 169 Å². The molecule has 3 heteroatoms. The highest BCUT2D eigenvalue weighted by atomic mass is 16.5. The van der Waals surface area contributed by atoms with Crippen molar-refractivity contribution in [2.75, 3.05) is 9.80 Å². The van der Waals surface area contributed by atoms with Crippen molar-refractivity contribution in [1.29, 1.82) is 0 Å². The zero-order valence-electron chi connectivity index (χ0n) is 23.6. The van der Waals surface area contributed by atoms with Crippen molar-refractivity contribution < 1.29 is 4.74 Å². The van der Waals surface area contributed by atoms with Gasteiger partial charge in [0.2, 0.25) is 5.72 Å². The van der Waals surface area contributed by atoms with Crippen LogP contribution in [0.1, 0.15) is 36.1 Å². The van der Waals surface area contributed by atoms with Crippen LogP contribution in [-0.2, 0) is 18.5 Å². The molecule has 0 bridgehead atoms. The second-order valence-corrected chi connectivity index (χ2v) is 11.5. The predicted octanol–water partition coefficient (Wildman–Crippen LogP) is 9.12. The third kappa shape index (κ3) is 4.29. The van der Waals surface area contributed by atoms with Gasteiger partial charge in [0.15, 0.2) is 0 Å². The molecule has 3 nitrogen and oxygen atoms in total. The van der Waals surface area contributed by atoms with E-state index in [4.69, 9.17) is 4.74 Å². The van der Waals surface area contributed by atoms with Crippen molar-refractivity contribution in [3.8, 4) is 5.75 Å². The minimum atomic E-state index is -0.715. The third-order valence-corrected chi connectivity index (χ3v) is 8.61. The molecule has 5 aromatic carbocycles. The zero-order chi connectivity index (χ0) is 27.9.